The number of H-pyrrole nitrogens is 1. The van der Waals surface area contributed by atoms with E-state index in [2.05, 4.69) is 25.5 Å². The summed E-state index contributed by atoms with van der Waals surface area (Å²) in [5.74, 6) is 2.05. The Kier molecular flexibility index (Phi) is 5.47. The van der Waals surface area contributed by atoms with E-state index in [0.29, 0.717) is 12.0 Å². The summed E-state index contributed by atoms with van der Waals surface area (Å²) in [6.07, 6.45) is 7.40. The van der Waals surface area contributed by atoms with E-state index in [9.17, 15) is 4.79 Å². The van der Waals surface area contributed by atoms with E-state index in [0.717, 1.165) is 43.3 Å². The molecule has 1 fully saturated rings. The zero-order valence-electron chi connectivity index (χ0n) is 15.2. The molecular formula is C17H27N7O. The number of rotatable bonds is 6. The molecule has 0 saturated heterocycles. The predicted molar refractivity (Wildman–Crippen MR) is 96.5 cm³/mol. The molecule has 0 spiro atoms. The molecule has 8 nitrogen and oxygen atoms in total. The Morgan fingerprint density at radius 3 is 2.88 bits per heavy atom. The van der Waals surface area contributed by atoms with Crippen molar-refractivity contribution in [1.82, 2.24) is 30.0 Å². The molecule has 136 valence electrons. The number of aromatic nitrogens is 5. The number of aromatic amines is 1. The van der Waals surface area contributed by atoms with Gasteiger partial charge in [-0.25, -0.2) is 19.9 Å². The number of anilines is 1. The van der Waals surface area contributed by atoms with E-state index < -0.39 is 0 Å². The molecule has 1 aliphatic carbocycles. The van der Waals surface area contributed by atoms with Gasteiger partial charge in [-0.3, -0.25) is 4.57 Å². The smallest absolute Gasteiger partial charge is 0.343 e. The van der Waals surface area contributed by atoms with Crippen molar-refractivity contribution in [3.05, 3.63) is 34.3 Å². The van der Waals surface area contributed by atoms with Crippen LogP contribution in [0.3, 0.4) is 0 Å². The van der Waals surface area contributed by atoms with Gasteiger partial charge in [-0.1, -0.05) is 12.8 Å². The highest BCUT2D eigenvalue weighted by atomic mass is 16.1. The molecule has 3 rings (SSSR count). The summed E-state index contributed by atoms with van der Waals surface area (Å²) in [7, 11) is 5.66. The van der Waals surface area contributed by atoms with Gasteiger partial charge < -0.3 is 10.2 Å². The van der Waals surface area contributed by atoms with Gasteiger partial charge >= 0.3 is 5.69 Å². The minimum absolute atomic E-state index is 0.146. The fourth-order valence-electron chi connectivity index (χ4n) is 3.45. The van der Waals surface area contributed by atoms with Crippen molar-refractivity contribution in [2.45, 2.75) is 44.7 Å². The second-order valence-corrected chi connectivity index (χ2v) is 6.98. The highest BCUT2D eigenvalue weighted by Crippen LogP contribution is 2.27. The van der Waals surface area contributed by atoms with Crippen molar-refractivity contribution in [3.8, 4) is 0 Å². The zero-order valence-corrected chi connectivity index (χ0v) is 15.2. The molecule has 2 aromatic rings. The monoisotopic (exact) mass is 345 g/mol. The molecule has 0 amide bonds. The largest absolute Gasteiger partial charge is 0.347 e. The van der Waals surface area contributed by atoms with Crippen LogP contribution in [0, 0.1) is 5.92 Å². The van der Waals surface area contributed by atoms with Gasteiger partial charge in [0.2, 0.25) is 5.95 Å². The van der Waals surface area contributed by atoms with Crippen LogP contribution in [0.25, 0.3) is 0 Å². The summed E-state index contributed by atoms with van der Waals surface area (Å²) in [4.78, 5) is 22.3. The molecule has 2 aromatic heterocycles. The standard InChI is InChI=1S/C17H27N7O/c1-23(2)16-18-9-8-13(20-16)11-19-14-7-5-4-6-12(14)10-15-21-22-17(25)24(15)3/h8-9,12,14,19H,4-7,10-11H2,1-3H3,(H,22,25)/t12-,14-/m1/s1. The summed E-state index contributed by atoms with van der Waals surface area (Å²) >= 11 is 0. The average Bonchev–Trinajstić information content (AvgIpc) is 2.93. The average molecular weight is 345 g/mol. The lowest BCUT2D eigenvalue weighted by molar-refractivity contribution is 0.254. The van der Waals surface area contributed by atoms with Crippen LogP contribution >= 0.6 is 0 Å². The number of hydrogen-bond donors (Lipinski definition) is 2. The van der Waals surface area contributed by atoms with E-state index in [1.54, 1.807) is 17.8 Å². The third-order valence-electron chi connectivity index (χ3n) is 4.97. The maximum Gasteiger partial charge on any atom is 0.343 e. The molecule has 0 radical (unpaired) electrons. The Morgan fingerprint density at radius 1 is 1.36 bits per heavy atom. The second-order valence-electron chi connectivity index (χ2n) is 6.98. The van der Waals surface area contributed by atoms with Crippen molar-refractivity contribution < 1.29 is 0 Å². The predicted octanol–water partition coefficient (Wildman–Crippen LogP) is 0.856. The van der Waals surface area contributed by atoms with Crippen LogP contribution < -0.4 is 15.9 Å². The van der Waals surface area contributed by atoms with Crippen LogP contribution in [0.2, 0.25) is 0 Å². The quantitative estimate of drug-likeness (QED) is 0.807. The lowest BCUT2D eigenvalue weighted by Crippen LogP contribution is -2.39. The topological polar surface area (TPSA) is 91.7 Å². The van der Waals surface area contributed by atoms with Gasteiger partial charge in [0.25, 0.3) is 0 Å². The molecule has 2 N–H and O–H groups in total. The van der Waals surface area contributed by atoms with Crippen molar-refractivity contribution in [1.29, 1.82) is 0 Å². The molecule has 1 saturated carbocycles. The Balaban J connectivity index is 1.64. The summed E-state index contributed by atoms with van der Waals surface area (Å²) in [6, 6.07) is 2.37. The second kappa shape index (κ2) is 7.77. The van der Waals surface area contributed by atoms with Crippen LogP contribution in [-0.4, -0.2) is 44.9 Å². The first kappa shape index (κ1) is 17.6. The van der Waals surface area contributed by atoms with Crippen LogP contribution in [0.5, 0.6) is 0 Å². The van der Waals surface area contributed by atoms with Crippen LogP contribution in [0.15, 0.2) is 17.1 Å². The fourth-order valence-corrected chi connectivity index (χ4v) is 3.45. The lowest BCUT2D eigenvalue weighted by Gasteiger charge is -2.32. The Morgan fingerprint density at radius 2 is 2.16 bits per heavy atom. The van der Waals surface area contributed by atoms with E-state index in [4.69, 9.17) is 0 Å². The molecular weight excluding hydrogens is 318 g/mol. The first-order chi connectivity index (χ1) is 12.0. The van der Waals surface area contributed by atoms with E-state index in [-0.39, 0.29) is 5.69 Å². The van der Waals surface area contributed by atoms with E-state index in [1.165, 1.54) is 12.8 Å². The van der Waals surface area contributed by atoms with Gasteiger partial charge in [-0.15, -0.1) is 0 Å². The van der Waals surface area contributed by atoms with E-state index in [1.807, 2.05) is 25.1 Å². The lowest BCUT2D eigenvalue weighted by atomic mass is 9.82. The van der Waals surface area contributed by atoms with Crippen LogP contribution in [0.4, 0.5) is 5.95 Å². The van der Waals surface area contributed by atoms with Gasteiger partial charge in [0.05, 0.1) is 5.69 Å². The number of nitrogens with zero attached hydrogens (tertiary/aromatic N) is 5. The highest BCUT2D eigenvalue weighted by Gasteiger charge is 2.26. The molecule has 2 heterocycles. The van der Waals surface area contributed by atoms with Gasteiger partial charge in [-0.2, -0.15) is 5.10 Å². The Hall–Kier alpha value is -2.22. The molecule has 0 aromatic carbocycles. The van der Waals surface area contributed by atoms with Crippen LogP contribution in [0.1, 0.15) is 37.2 Å². The van der Waals surface area contributed by atoms with Crippen molar-refractivity contribution >= 4 is 5.95 Å². The summed E-state index contributed by atoms with van der Waals surface area (Å²) in [5, 5.41) is 10.4. The van der Waals surface area contributed by atoms with Gasteiger partial charge in [0.1, 0.15) is 5.82 Å². The Labute approximate surface area is 147 Å². The van der Waals surface area contributed by atoms with Crippen LogP contribution in [-0.2, 0) is 20.0 Å². The zero-order chi connectivity index (χ0) is 17.8. The molecule has 25 heavy (non-hydrogen) atoms. The maximum absolute atomic E-state index is 11.6. The summed E-state index contributed by atoms with van der Waals surface area (Å²) in [5.41, 5.74) is 0.850. The third-order valence-corrected chi connectivity index (χ3v) is 4.97. The first-order valence-electron chi connectivity index (χ1n) is 8.87. The van der Waals surface area contributed by atoms with Gasteiger partial charge in [0, 0.05) is 46.3 Å². The molecule has 0 unspecified atom stereocenters. The Bertz CT molecular complexity index is 751. The minimum atomic E-state index is -0.146. The van der Waals surface area contributed by atoms with E-state index >= 15 is 0 Å². The maximum atomic E-state index is 11.6. The van der Waals surface area contributed by atoms with Gasteiger partial charge in [0.15, 0.2) is 0 Å². The molecule has 0 aliphatic heterocycles. The third kappa shape index (κ3) is 4.25. The normalized spacial score (nSPS) is 20.6. The summed E-state index contributed by atoms with van der Waals surface area (Å²) < 4.78 is 1.61. The highest BCUT2D eigenvalue weighted by molar-refractivity contribution is 5.27. The molecule has 8 heteroatoms. The van der Waals surface area contributed by atoms with Crippen molar-refractivity contribution in [2.24, 2.45) is 13.0 Å². The molecule has 2 atom stereocenters. The van der Waals surface area contributed by atoms with Gasteiger partial charge in [-0.05, 0) is 24.8 Å². The minimum Gasteiger partial charge on any atom is -0.347 e. The number of hydrogen-bond acceptors (Lipinski definition) is 6. The number of nitrogens with one attached hydrogen (secondary N) is 2. The molecule has 0 bridgehead atoms. The fraction of sp³-hybridized carbons (Fsp3) is 0.647. The first-order valence-corrected chi connectivity index (χ1v) is 8.87. The van der Waals surface area contributed by atoms with Crippen molar-refractivity contribution in [3.63, 3.8) is 0 Å². The summed E-state index contributed by atoms with van der Waals surface area (Å²) in [6.45, 7) is 0.726. The molecule has 1 aliphatic rings. The van der Waals surface area contributed by atoms with Crippen molar-refractivity contribution in [2.75, 3.05) is 19.0 Å². The SMILES string of the molecule is CN(C)c1nccc(CN[C@@H]2CCCC[C@@H]2Cc2n[nH]c(=O)n2C)n1.